The van der Waals surface area contributed by atoms with Gasteiger partial charge in [-0.2, -0.15) is 0 Å². The first-order valence-electron chi connectivity index (χ1n) is 9.67. The molecule has 0 amide bonds. The second-order valence-electron chi connectivity index (χ2n) is 6.99. The van der Waals surface area contributed by atoms with Gasteiger partial charge in [0.25, 0.3) is 10.0 Å². The molecule has 0 unspecified atom stereocenters. The summed E-state index contributed by atoms with van der Waals surface area (Å²) in [7, 11) is -3.81. The van der Waals surface area contributed by atoms with Crippen molar-refractivity contribution in [3.63, 3.8) is 0 Å². The summed E-state index contributed by atoms with van der Waals surface area (Å²) in [5.74, 6) is 2.67. The van der Waals surface area contributed by atoms with Crippen molar-refractivity contribution in [2.75, 3.05) is 15.4 Å². The van der Waals surface area contributed by atoms with E-state index in [9.17, 15) is 8.42 Å². The Morgan fingerprint density at radius 2 is 1.53 bits per heavy atom. The second kappa shape index (κ2) is 8.63. The van der Waals surface area contributed by atoms with Crippen molar-refractivity contribution in [1.29, 1.82) is 0 Å². The predicted octanol–water partition coefficient (Wildman–Crippen LogP) is 4.07. The van der Waals surface area contributed by atoms with Crippen LogP contribution in [0.15, 0.2) is 64.1 Å². The van der Waals surface area contributed by atoms with Gasteiger partial charge in [0.05, 0.1) is 0 Å². The summed E-state index contributed by atoms with van der Waals surface area (Å²) >= 11 is 0. The quantitative estimate of drug-likeness (QED) is 0.380. The van der Waals surface area contributed by atoms with Crippen LogP contribution in [0.3, 0.4) is 0 Å². The Kier molecular flexibility index (Phi) is 5.73. The van der Waals surface area contributed by atoms with Crippen LogP contribution < -0.4 is 15.4 Å². The summed E-state index contributed by atoms with van der Waals surface area (Å²) < 4.78 is 32.8. The number of benzene rings is 1. The van der Waals surface area contributed by atoms with Crippen LogP contribution in [0.25, 0.3) is 0 Å². The van der Waals surface area contributed by atoms with Crippen molar-refractivity contribution < 1.29 is 12.9 Å². The Bertz CT molecular complexity index is 1320. The fourth-order valence-corrected chi connectivity index (χ4v) is 4.49. The Balaban J connectivity index is 1.48. The molecule has 0 saturated heterocycles. The third-order valence-corrected chi connectivity index (χ3v) is 6.03. The monoisotopic (exact) mass is 451 g/mol. The third kappa shape index (κ3) is 4.83. The van der Waals surface area contributed by atoms with Crippen molar-refractivity contribution in [3.8, 4) is 0 Å². The summed E-state index contributed by atoms with van der Waals surface area (Å²) in [6.45, 7) is 4.93. The van der Waals surface area contributed by atoms with Gasteiger partial charge >= 0.3 is 0 Å². The molecule has 4 rings (SSSR count). The smallest absolute Gasteiger partial charge is 0.267 e. The number of aromatic nitrogens is 4. The van der Waals surface area contributed by atoms with Gasteiger partial charge in [0.2, 0.25) is 0 Å². The number of anilines is 5. The molecule has 0 atom stereocenters. The number of aryl methyl sites for hydroxylation is 3. The van der Waals surface area contributed by atoms with Crippen molar-refractivity contribution in [1.82, 2.24) is 20.1 Å². The van der Waals surface area contributed by atoms with E-state index in [-0.39, 0.29) is 10.7 Å². The molecule has 0 saturated carbocycles. The maximum atomic E-state index is 12.6. The number of rotatable bonds is 7. The van der Waals surface area contributed by atoms with E-state index in [1.54, 1.807) is 57.3 Å². The van der Waals surface area contributed by atoms with Crippen LogP contribution in [0.5, 0.6) is 0 Å². The van der Waals surface area contributed by atoms with Gasteiger partial charge in [0.15, 0.2) is 10.7 Å². The number of sulfonamides is 1. The first kappa shape index (κ1) is 21.2. The molecule has 32 heavy (non-hydrogen) atoms. The van der Waals surface area contributed by atoms with Crippen molar-refractivity contribution in [3.05, 3.63) is 72.0 Å². The maximum Gasteiger partial charge on any atom is 0.267 e. The van der Waals surface area contributed by atoms with Gasteiger partial charge < -0.3 is 15.2 Å². The fourth-order valence-electron chi connectivity index (χ4n) is 3.10. The number of nitrogens with zero attached hydrogens (tertiary/aromatic N) is 4. The van der Waals surface area contributed by atoms with E-state index in [1.165, 1.54) is 0 Å². The molecule has 11 heteroatoms. The van der Waals surface area contributed by atoms with E-state index < -0.39 is 10.0 Å². The van der Waals surface area contributed by atoms with Gasteiger partial charge in [-0.25, -0.2) is 23.4 Å². The molecule has 0 spiro atoms. The van der Waals surface area contributed by atoms with Crippen LogP contribution >= 0.6 is 0 Å². The molecule has 4 aromatic rings. The van der Waals surface area contributed by atoms with Crippen LogP contribution in [-0.4, -0.2) is 28.5 Å². The van der Waals surface area contributed by atoms with Crippen LogP contribution in [0.4, 0.5) is 28.8 Å². The highest BCUT2D eigenvalue weighted by Crippen LogP contribution is 2.24. The van der Waals surface area contributed by atoms with Crippen molar-refractivity contribution in [2.24, 2.45) is 0 Å². The number of nitrogens with one attached hydrogen (secondary N) is 3. The predicted molar refractivity (Wildman–Crippen MR) is 121 cm³/mol. The molecule has 164 valence electrons. The SMILES string of the molecule is Cc1nc(Nc2ccc(NS(=O)(=O)c3c(C)noc3C)cc2)cc(Nc2ccccn2)n1. The zero-order valence-electron chi connectivity index (χ0n) is 17.6. The molecule has 3 heterocycles. The van der Waals surface area contributed by atoms with Crippen molar-refractivity contribution in [2.45, 2.75) is 25.7 Å². The zero-order valence-corrected chi connectivity index (χ0v) is 18.4. The topological polar surface area (TPSA) is 135 Å². The molecular formula is C21H21N7O3S. The lowest BCUT2D eigenvalue weighted by atomic mass is 10.3. The van der Waals surface area contributed by atoms with Gasteiger partial charge in [-0.1, -0.05) is 11.2 Å². The Morgan fingerprint density at radius 1 is 0.844 bits per heavy atom. The van der Waals surface area contributed by atoms with Crippen LogP contribution in [-0.2, 0) is 10.0 Å². The van der Waals surface area contributed by atoms with Crippen LogP contribution in [0.1, 0.15) is 17.3 Å². The third-order valence-electron chi connectivity index (χ3n) is 4.41. The highest BCUT2D eigenvalue weighted by atomic mass is 32.2. The fraction of sp³-hybridized carbons (Fsp3) is 0.143. The highest BCUT2D eigenvalue weighted by Gasteiger charge is 2.24. The second-order valence-corrected chi connectivity index (χ2v) is 8.61. The minimum absolute atomic E-state index is 0.0455. The van der Waals surface area contributed by atoms with E-state index in [0.717, 1.165) is 5.69 Å². The number of hydrogen-bond acceptors (Lipinski definition) is 9. The molecule has 0 fully saturated rings. The van der Waals surface area contributed by atoms with E-state index in [1.807, 2.05) is 18.2 Å². The normalized spacial score (nSPS) is 11.2. The van der Waals surface area contributed by atoms with Gasteiger partial charge in [-0.3, -0.25) is 4.72 Å². The lowest BCUT2D eigenvalue weighted by molar-refractivity contribution is 0.390. The molecule has 0 aliphatic heterocycles. The first-order valence-corrected chi connectivity index (χ1v) is 11.1. The molecule has 10 nitrogen and oxygen atoms in total. The Morgan fingerprint density at radius 3 is 2.16 bits per heavy atom. The van der Waals surface area contributed by atoms with E-state index in [2.05, 4.69) is 35.5 Å². The minimum Gasteiger partial charge on any atom is -0.360 e. The summed E-state index contributed by atoms with van der Waals surface area (Å²) in [6.07, 6.45) is 1.69. The average Bonchev–Trinajstić information content (AvgIpc) is 3.08. The van der Waals surface area contributed by atoms with E-state index in [0.29, 0.717) is 34.7 Å². The van der Waals surface area contributed by atoms with E-state index >= 15 is 0 Å². The molecule has 3 aromatic heterocycles. The largest absolute Gasteiger partial charge is 0.360 e. The average molecular weight is 452 g/mol. The van der Waals surface area contributed by atoms with Gasteiger partial charge in [-0.05, 0) is 57.2 Å². The Labute approximate surface area is 185 Å². The number of pyridine rings is 1. The molecule has 0 bridgehead atoms. The molecule has 1 aromatic carbocycles. The van der Waals surface area contributed by atoms with Gasteiger partial charge in [0.1, 0.15) is 29.0 Å². The Hall–Kier alpha value is -3.99. The van der Waals surface area contributed by atoms with E-state index in [4.69, 9.17) is 4.52 Å². The molecule has 0 radical (unpaired) electrons. The summed E-state index contributed by atoms with van der Waals surface area (Å²) in [4.78, 5) is 13.0. The number of hydrogen-bond donors (Lipinski definition) is 3. The van der Waals surface area contributed by atoms with Crippen molar-refractivity contribution >= 4 is 38.9 Å². The summed E-state index contributed by atoms with van der Waals surface area (Å²) in [5, 5.41) is 10.0. The lowest BCUT2D eigenvalue weighted by Gasteiger charge is -2.11. The zero-order chi connectivity index (χ0) is 22.7. The van der Waals surface area contributed by atoms with Gasteiger partial charge in [0, 0.05) is 23.6 Å². The van der Waals surface area contributed by atoms with Crippen LogP contribution in [0, 0.1) is 20.8 Å². The summed E-state index contributed by atoms with van der Waals surface area (Å²) in [5.41, 5.74) is 1.45. The van der Waals surface area contributed by atoms with Crippen LogP contribution in [0.2, 0.25) is 0 Å². The maximum absolute atomic E-state index is 12.6. The molecule has 0 aliphatic rings. The summed E-state index contributed by atoms with van der Waals surface area (Å²) in [6, 6.07) is 14.1. The van der Waals surface area contributed by atoms with Gasteiger partial charge in [-0.15, -0.1) is 0 Å². The molecule has 3 N–H and O–H groups in total. The minimum atomic E-state index is -3.81. The molecular weight excluding hydrogens is 430 g/mol. The molecule has 0 aliphatic carbocycles. The lowest BCUT2D eigenvalue weighted by Crippen LogP contribution is -2.14. The first-order chi connectivity index (χ1) is 15.3. The standard InChI is InChI=1S/C21H21N7O3S/c1-13-21(14(2)31-27-13)32(29,30)28-17-9-7-16(8-10-17)25-19-12-20(24-15(3)23-19)26-18-6-4-5-11-22-18/h4-12,28H,1-3H3,(H2,22,23,24,25,26). The highest BCUT2D eigenvalue weighted by molar-refractivity contribution is 7.92.